The van der Waals surface area contributed by atoms with Crippen LogP contribution in [0.25, 0.3) is 0 Å². The fourth-order valence-corrected chi connectivity index (χ4v) is 4.14. The van der Waals surface area contributed by atoms with E-state index in [4.69, 9.17) is 5.73 Å². The summed E-state index contributed by atoms with van der Waals surface area (Å²) in [5.41, 5.74) is 6.49. The Labute approximate surface area is 114 Å². The van der Waals surface area contributed by atoms with E-state index in [1.807, 2.05) is 0 Å². The van der Waals surface area contributed by atoms with Gasteiger partial charge in [-0.05, 0) is 34.8 Å². The molecule has 1 aromatic carbocycles. The Morgan fingerprint density at radius 1 is 1.50 bits per heavy atom. The number of nitrogens with two attached hydrogens (primary N) is 1. The summed E-state index contributed by atoms with van der Waals surface area (Å²) in [5.74, 6) is -0.186. The van der Waals surface area contributed by atoms with E-state index >= 15 is 0 Å². The maximum absolute atomic E-state index is 13.2. The van der Waals surface area contributed by atoms with Gasteiger partial charge in [0, 0.05) is 12.6 Å². The zero-order valence-corrected chi connectivity index (χ0v) is 12.0. The lowest BCUT2D eigenvalue weighted by molar-refractivity contribution is 0.591. The van der Waals surface area contributed by atoms with Crippen LogP contribution < -0.4 is 11.1 Å². The highest BCUT2D eigenvalue weighted by atomic mass is 79.9. The molecule has 1 aliphatic heterocycles. The van der Waals surface area contributed by atoms with Crippen molar-refractivity contribution in [3.05, 3.63) is 22.4 Å². The minimum absolute atomic E-state index is 0.252. The highest BCUT2D eigenvalue weighted by Gasteiger charge is 2.30. The van der Waals surface area contributed by atoms with Crippen LogP contribution in [0.3, 0.4) is 0 Å². The summed E-state index contributed by atoms with van der Waals surface area (Å²) >= 11 is 3.07. The van der Waals surface area contributed by atoms with Crippen molar-refractivity contribution >= 4 is 37.1 Å². The van der Waals surface area contributed by atoms with Crippen molar-refractivity contribution in [3.8, 4) is 0 Å². The standard InChI is InChI=1S/C11H14BrFN2O2S/c12-8-4-11(10(14)5-9(8)13)15-6-7-2-1-3-18(7,16)17/h4-5,7,15H,1-3,6,14H2. The Hall–Kier alpha value is -0.820. The minimum atomic E-state index is -2.98. The van der Waals surface area contributed by atoms with E-state index in [-0.39, 0.29) is 16.7 Å². The molecule has 2 rings (SSSR count). The number of halogens is 2. The van der Waals surface area contributed by atoms with Crippen molar-refractivity contribution in [3.63, 3.8) is 0 Å². The van der Waals surface area contributed by atoms with E-state index in [9.17, 15) is 12.8 Å². The normalized spacial score (nSPS) is 22.0. The van der Waals surface area contributed by atoms with E-state index < -0.39 is 15.7 Å². The lowest BCUT2D eigenvalue weighted by Gasteiger charge is -2.14. The van der Waals surface area contributed by atoms with E-state index in [2.05, 4.69) is 21.2 Å². The molecule has 1 unspecified atom stereocenters. The molecule has 1 saturated heterocycles. The van der Waals surface area contributed by atoms with Crippen LogP contribution in [0.5, 0.6) is 0 Å². The van der Waals surface area contributed by atoms with Gasteiger partial charge in [-0.3, -0.25) is 0 Å². The van der Waals surface area contributed by atoms with Crippen molar-refractivity contribution in [2.24, 2.45) is 0 Å². The number of anilines is 2. The molecule has 0 saturated carbocycles. The second-order valence-electron chi connectivity index (χ2n) is 4.37. The van der Waals surface area contributed by atoms with Gasteiger partial charge in [-0.2, -0.15) is 0 Å². The molecule has 0 aromatic heterocycles. The Balaban J connectivity index is 2.09. The van der Waals surface area contributed by atoms with Crippen molar-refractivity contribution in [1.82, 2.24) is 0 Å². The van der Waals surface area contributed by atoms with Gasteiger partial charge in [-0.1, -0.05) is 0 Å². The molecule has 7 heteroatoms. The molecular formula is C11H14BrFN2O2S. The number of nitrogen functional groups attached to an aromatic ring is 1. The molecule has 0 spiro atoms. The average molecular weight is 337 g/mol. The van der Waals surface area contributed by atoms with Crippen LogP contribution in [0, 0.1) is 5.82 Å². The molecule has 0 amide bonds. The minimum Gasteiger partial charge on any atom is -0.397 e. The summed E-state index contributed by atoms with van der Waals surface area (Å²) < 4.78 is 36.8. The third-order valence-corrected chi connectivity index (χ3v) is 5.96. The summed E-state index contributed by atoms with van der Waals surface area (Å²) in [5, 5.41) is 2.60. The fourth-order valence-electron chi connectivity index (χ4n) is 2.03. The van der Waals surface area contributed by atoms with E-state index in [1.165, 1.54) is 12.1 Å². The summed E-state index contributed by atoms with van der Waals surface area (Å²) in [4.78, 5) is 0. The fraction of sp³-hybridized carbons (Fsp3) is 0.455. The Bertz CT molecular complexity index is 562. The molecule has 100 valence electrons. The number of hydrogen-bond donors (Lipinski definition) is 2. The molecular weight excluding hydrogens is 323 g/mol. The van der Waals surface area contributed by atoms with Crippen molar-refractivity contribution < 1.29 is 12.8 Å². The van der Waals surface area contributed by atoms with Gasteiger partial charge in [0.25, 0.3) is 0 Å². The van der Waals surface area contributed by atoms with E-state index in [0.29, 0.717) is 29.5 Å². The van der Waals surface area contributed by atoms with Gasteiger partial charge < -0.3 is 11.1 Å². The summed E-state index contributed by atoms with van der Waals surface area (Å²) in [6, 6.07) is 2.72. The first-order valence-electron chi connectivity index (χ1n) is 5.60. The first-order chi connectivity index (χ1) is 8.40. The Morgan fingerprint density at radius 2 is 2.22 bits per heavy atom. The van der Waals surface area contributed by atoms with Crippen LogP contribution in [-0.2, 0) is 9.84 Å². The first-order valence-corrected chi connectivity index (χ1v) is 8.11. The third kappa shape index (κ3) is 2.77. The molecule has 0 radical (unpaired) electrons. The van der Waals surface area contributed by atoms with Crippen LogP contribution >= 0.6 is 15.9 Å². The lowest BCUT2D eigenvalue weighted by Crippen LogP contribution is -2.25. The van der Waals surface area contributed by atoms with Crippen LogP contribution in [0.15, 0.2) is 16.6 Å². The van der Waals surface area contributed by atoms with Crippen molar-refractivity contribution in [2.75, 3.05) is 23.3 Å². The molecule has 1 aromatic rings. The average Bonchev–Trinajstić information content (AvgIpc) is 2.61. The zero-order valence-electron chi connectivity index (χ0n) is 9.62. The molecule has 1 aliphatic rings. The number of rotatable bonds is 3. The van der Waals surface area contributed by atoms with Crippen LogP contribution in [-0.4, -0.2) is 26.0 Å². The van der Waals surface area contributed by atoms with Gasteiger partial charge >= 0.3 is 0 Å². The van der Waals surface area contributed by atoms with E-state index in [0.717, 1.165) is 0 Å². The third-order valence-electron chi connectivity index (χ3n) is 3.08. The first kappa shape index (κ1) is 13.6. The summed E-state index contributed by atoms with van der Waals surface area (Å²) in [6.07, 6.45) is 1.37. The predicted molar refractivity (Wildman–Crippen MR) is 73.8 cm³/mol. The largest absolute Gasteiger partial charge is 0.397 e. The highest BCUT2D eigenvalue weighted by Crippen LogP contribution is 2.27. The van der Waals surface area contributed by atoms with Gasteiger partial charge in [0.15, 0.2) is 9.84 Å². The zero-order chi connectivity index (χ0) is 13.3. The maximum atomic E-state index is 13.2. The maximum Gasteiger partial charge on any atom is 0.154 e. The molecule has 1 fully saturated rings. The number of sulfone groups is 1. The molecule has 0 aliphatic carbocycles. The van der Waals surface area contributed by atoms with Crippen LogP contribution in [0.4, 0.5) is 15.8 Å². The molecule has 0 bridgehead atoms. The SMILES string of the molecule is Nc1cc(F)c(Br)cc1NCC1CCCS1(=O)=O. The van der Waals surface area contributed by atoms with Crippen molar-refractivity contribution in [1.29, 1.82) is 0 Å². The number of nitrogens with one attached hydrogen (secondary N) is 1. The summed E-state index contributed by atoms with van der Waals surface area (Å²) in [6.45, 7) is 0.310. The molecule has 1 atom stereocenters. The monoisotopic (exact) mass is 336 g/mol. The molecule has 18 heavy (non-hydrogen) atoms. The smallest absolute Gasteiger partial charge is 0.154 e. The van der Waals surface area contributed by atoms with Gasteiger partial charge in [0.1, 0.15) is 5.82 Å². The van der Waals surface area contributed by atoms with Crippen molar-refractivity contribution in [2.45, 2.75) is 18.1 Å². The number of benzene rings is 1. The molecule has 1 heterocycles. The Kier molecular flexibility index (Phi) is 3.82. The van der Waals surface area contributed by atoms with Gasteiger partial charge in [0.05, 0.1) is 26.9 Å². The molecule has 3 N–H and O–H groups in total. The second kappa shape index (κ2) is 5.05. The van der Waals surface area contributed by atoms with Crippen LogP contribution in [0.1, 0.15) is 12.8 Å². The number of hydrogen-bond acceptors (Lipinski definition) is 4. The van der Waals surface area contributed by atoms with Gasteiger partial charge in [0.2, 0.25) is 0 Å². The second-order valence-corrected chi connectivity index (χ2v) is 7.62. The van der Waals surface area contributed by atoms with Gasteiger partial charge in [-0.25, -0.2) is 12.8 Å². The van der Waals surface area contributed by atoms with E-state index in [1.54, 1.807) is 0 Å². The topological polar surface area (TPSA) is 72.2 Å². The Morgan fingerprint density at radius 3 is 2.83 bits per heavy atom. The lowest BCUT2D eigenvalue weighted by atomic mass is 10.2. The summed E-state index contributed by atoms with van der Waals surface area (Å²) in [7, 11) is -2.98. The van der Waals surface area contributed by atoms with Gasteiger partial charge in [-0.15, -0.1) is 0 Å². The van der Waals surface area contributed by atoms with Crippen LogP contribution in [0.2, 0.25) is 0 Å². The quantitative estimate of drug-likeness (QED) is 0.829. The highest BCUT2D eigenvalue weighted by molar-refractivity contribution is 9.10. The predicted octanol–water partition coefficient (Wildman–Crippen LogP) is 2.16. The molecule has 4 nitrogen and oxygen atoms in total.